The number of rotatable bonds is 5. The van der Waals surface area contributed by atoms with Crippen LogP contribution in [-0.4, -0.2) is 47.2 Å². The fraction of sp³-hybridized carbons (Fsp3) is 0.500. The summed E-state index contributed by atoms with van der Waals surface area (Å²) in [5.74, 6) is 0.945. The number of ether oxygens (including phenoxy) is 1. The SMILES string of the molecule is COc1ccc(NC(C)=O)cc1-c1nnc(NC2CCC3NNCC3C2Cl)s1. The van der Waals surface area contributed by atoms with Crippen molar-refractivity contribution in [2.45, 2.75) is 37.2 Å². The van der Waals surface area contributed by atoms with Gasteiger partial charge in [0.2, 0.25) is 11.0 Å². The second-order valence-electron chi connectivity index (χ2n) is 7.08. The molecule has 1 saturated heterocycles. The minimum atomic E-state index is -0.129. The van der Waals surface area contributed by atoms with E-state index in [1.165, 1.54) is 18.3 Å². The lowest BCUT2D eigenvalue weighted by atomic mass is 9.82. The van der Waals surface area contributed by atoms with E-state index in [9.17, 15) is 4.79 Å². The van der Waals surface area contributed by atoms with Crippen molar-refractivity contribution >= 4 is 39.7 Å². The highest BCUT2D eigenvalue weighted by atomic mass is 35.5. The van der Waals surface area contributed by atoms with E-state index in [4.69, 9.17) is 16.3 Å². The maximum absolute atomic E-state index is 11.4. The van der Waals surface area contributed by atoms with Crippen molar-refractivity contribution in [3.63, 3.8) is 0 Å². The van der Waals surface area contributed by atoms with Crippen molar-refractivity contribution in [2.24, 2.45) is 5.92 Å². The lowest BCUT2D eigenvalue weighted by Gasteiger charge is -2.35. The molecule has 1 aromatic carbocycles. The van der Waals surface area contributed by atoms with Crippen LogP contribution in [0, 0.1) is 5.92 Å². The molecule has 0 bridgehead atoms. The van der Waals surface area contributed by atoms with Crippen LogP contribution >= 0.6 is 22.9 Å². The number of alkyl halides is 1. The van der Waals surface area contributed by atoms with Crippen LogP contribution in [-0.2, 0) is 4.79 Å². The molecule has 150 valence electrons. The van der Waals surface area contributed by atoms with E-state index in [2.05, 4.69) is 31.7 Å². The smallest absolute Gasteiger partial charge is 0.221 e. The number of aromatic nitrogens is 2. The Labute approximate surface area is 172 Å². The zero-order valence-corrected chi connectivity index (χ0v) is 17.2. The minimum Gasteiger partial charge on any atom is -0.496 e. The molecule has 0 radical (unpaired) electrons. The van der Waals surface area contributed by atoms with Gasteiger partial charge in [0.25, 0.3) is 0 Å². The van der Waals surface area contributed by atoms with E-state index in [1.54, 1.807) is 13.2 Å². The number of nitrogens with zero attached hydrogens (tertiary/aromatic N) is 2. The van der Waals surface area contributed by atoms with E-state index in [0.717, 1.165) is 35.1 Å². The monoisotopic (exact) mass is 422 g/mol. The second kappa shape index (κ2) is 8.20. The van der Waals surface area contributed by atoms with E-state index >= 15 is 0 Å². The number of methoxy groups -OCH3 is 1. The van der Waals surface area contributed by atoms with Crippen LogP contribution in [0.2, 0.25) is 0 Å². The molecular weight excluding hydrogens is 400 g/mol. The summed E-state index contributed by atoms with van der Waals surface area (Å²) in [5, 5.41) is 16.3. The summed E-state index contributed by atoms with van der Waals surface area (Å²) in [4.78, 5) is 11.4. The Hall–Kier alpha value is -1.94. The van der Waals surface area contributed by atoms with Gasteiger partial charge in [-0.3, -0.25) is 15.6 Å². The number of carbonyl (C=O) groups excluding carboxylic acids is 1. The quantitative estimate of drug-likeness (QED) is 0.549. The molecule has 2 fully saturated rings. The van der Waals surface area contributed by atoms with E-state index in [0.29, 0.717) is 23.4 Å². The number of anilines is 2. The fourth-order valence-corrected chi connectivity index (χ4v) is 5.13. The zero-order chi connectivity index (χ0) is 19.7. The number of carbonyl (C=O) groups is 1. The summed E-state index contributed by atoms with van der Waals surface area (Å²) in [6, 6.07) is 6.04. The third-order valence-electron chi connectivity index (χ3n) is 5.21. The van der Waals surface area contributed by atoms with Gasteiger partial charge in [0.05, 0.1) is 18.1 Å². The molecule has 2 aliphatic rings. The normalized spacial score (nSPS) is 26.5. The molecule has 1 saturated carbocycles. The van der Waals surface area contributed by atoms with Crippen LogP contribution in [0.5, 0.6) is 5.75 Å². The van der Waals surface area contributed by atoms with Crippen LogP contribution in [0.25, 0.3) is 10.6 Å². The average Bonchev–Trinajstić information content (AvgIpc) is 3.33. The van der Waals surface area contributed by atoms with Crippen LogP contribution in [0.15, 0.2) is 18.2 Å². The van der Waals surface area contributed by atoms with E-state index in [1.807, 2.05) is 12.1 Å². The Morgan fingerprint density at radius 3 is 3.00 bits per heavy atom. The molecule has 4 unspecified atom stereocenters. The third kappa shape index (κ3) is 3.93. The van der Waals surface area contributed by atoms with Crippen molar-refractivity contribution in [1.29, 1.82) is 0 Å². The maximum Gasteiger partial charge on any atom is 0.221 e. The Morgan fingerprint density at radius 1 is 1.36 bits per heavy atom. The van der Waals surface area contributed by atoms with Crippen molar-refractivity contribution in [1.82, 2.24) is 21.0 Å². The highest BCUT2D eigenvalue weighted by Gasteiger charge is 2.41. The van der Waals surface area contributed by atoms with Gasteiger partial charge in [-0.2, -0.15) is 0 Å². The molecule has 28 heavy (non-hydrogen) atoms. The van der Waals surface area contributed by atoms with Gasteiger partial charge in [0, 0.05) is 37.2 Å². The number of hydrogen-bond donors (Lipinski definition) is 4. The predicted octanol–water partition coefficient (Wildman–Crippen LogP) is 2.45. The summed E-state index contributed by atoms with van der Waals surface area (Å²) in [7, 11) is 1.61. The van der Waals surface area contributed by atoms with Gasteiger partial charge in [-0.15, -0.1) is 21.8 Å². The molecule has 1 aliphatic carbocycles. The topological polar surface area (TPSA) is 100 Å². The molecule has 4 atom stereocenters. The van der Waals surface area contributed by atoms with Crippen LogP contribution in [0.1, 0.15) is 19.8 Å². The molecule has 4 N–H and O–H groups in total. The lowest BCUT2D eigenvalue weighted by Crippen LogP contribution is -2.47. The summed E-state index contributed by atoms with van der Waals surface area (Å²) in [6.07, 6.45) is 2.04. The van der Waals surface area contributed by atoms with Crippen molar-refractivity contribution in [3.05, 3.63) is 18.2 Å². The number of hydrazine groups is 1. The molecule has 1 amide bonds. The van der Waals surface area contributed by atoms with Gasteiger partial charge >= 0.3 is 0 Å². The van der Waals surface area contributed by atoms with Gasteiger partial charge in [0.15, 0.2) is 5.01 Å². The second-order valence-corrected chi connectivity index (χ2v) is 8.56. The first-order chi connectivity index (χ1) is 13.5. The number of hydrogen-bond acceptors (Lipinski definition) is 8. The van der Waals surface area contributed by atoms with Gasteiger partial charge in [-0.1, -0.05) is 11.3 Å². The molecule has 1 aliphatic heterocycles. The number of benzene rings is 1. The van der Waals surface area contributed by atoms with Gasteiger partial charge in [-0.25, -0.2) is 0 Å². The molecule has 0 spiro atoms. The first-order valence-corrected chi connectivity index (χ1v) is 10.5. The molecule has 4 rings (SSSR count). The van der Waals surface area contributed by atoms with Gasteiger partial charge in [-0.05, 0) is 31.0 Å². The van der Waals surface area contributed by atoms with Gasteiger partial charge < -0.3 is 15.4 Å². The Morgan fingerprint density at radius 2 is 2.21 bits per heavy atom. The van der Waals surface area contributed by atoms with Crippen LogP contribution in [0.3, 0.4) is 0 Å². The van der Waals surface area contributed by atoms with E-state index < -0.39 is 0 Å². The van der Waals surface area contributed by atoms with Crippen LogP contribution < -0.4 is 26.2 Å². The molecule has 2 heterocycles. The number of nitrogens with one attached hydrogen (secondary N) is 4. The van der Waals surface area contributed by atoms with Crippen molar-refractivity contribution in [2.75, 3.05) is 24.3 Å². The largest absolute Gasteiger partial charge is 0.496 e. The summed E-state index contributed by atoms with van der Waals surface area (Å²) < 4.78 is 5.45. The lowest BCUT2D eigenvalue weighted by molar-refractivity contribution is -0.114. The molecule has 10 heteroatoms. The highest BCUT2D eigenvalue weighted by molar-refractivity contribution is 7.18. The fourth-order valence-electron chi connectivity index (χ4n) is 3.85. The van der Waals surface area contributed by atoms with Crippen molar-refractivity contribution in [3.8, 4) is 16.3 Å². The summed E-state index contributed by atoms with van der Waals surface area (Å²) in [6.45, 7) is 2.36. The van der Waals surface area contributed by atoms with Crippen molar-refractivity contribution < 1.29 is 9.53 Å². The number of halogens is 1. The predicted molar refractivity (Wildman–Crippen MR) is 111 cm³/mol. The maximum atomic E-state index is 11.4. The number of fused-ring (bicyclic) bond motifs is 1. The standard InChI is InChI=1S/C18H23ClN6O2S/c1-9(26)21-10-3-6-15(27-2)11(7-10)17-24-25-18(28-17)22-14-5-4-13-12(16(14)19)8-20-23-13/h3,6-7,12-14,16,20,23H,4-5,8H2,1-2H3,(H,21,26)(H,22,25). The summed E-state index contributed by atoms with van der Waals surface area (Å²) in [5.41, 5.74) is 7.98. The third-order valence-corrected chi connectivity index (χ3v) is 6.72. The molecule has 1 aromatic heterocycles. The average molecular weight is 423 g/mol. The van der Waals surface area contributed by atoms with E-state index in [-0.39, 0.29) is 17.3 Å². The molecule has 8 nitrogen and oxygen atoms in total. The number of amides is 1. The summed E-state index contributed by atoms with van der Waals surface area (Å²) >= 11 is 8.18. The highest BCUT2D eigenvalue weighted by Crippen LogP contribution is 2.37. The first-order valence-electron chi connectivity index (χ1n) is 9.23. The Balaban J connectivity index is 1.52. The molecule has 2 aromatic rings. The van der Waals surface area contributed by atoms with Crippen LogP contribution in [0.4, 0.5) is 10.8 Å². The zero-order valence-electron chi connectivity index (χ0n) is 15.7. The first kappa shape index (κ1) is 19.4. The Kier molecular flexibility index (Phi) is 5.68. The minimum absolute atomic E-state index is 0.0197. The van der Waals surface area contributed by atoms with Gasteiger partial charge in [0.1, 0.15) is 5.75 Å². The Bertz CT molecular complexity index is 862. The molecular formula is C18H23ClN6O2S.